The second-order valence-electron chi connectivity index (χ2n) is 6.06. The molecule has 1 aliphatic rings. The summed E-state index contributed by atoms with van der Waals surface area (Å²) < 4.78 is 0. The van der Waals surface area contributed by atoms with Crippen LogP contribution >= 0.6 is 0 Å². The molecule has 1 aromatic rings. The lowest BCUT2D eigenvalue weighted by molar-refractivity contribution is 0.257. The summed E-state index contributed by atoms with van der Waals surface area (Å²) in [5.41, 5.74) is 7.42. The molecule has 112 valence electrons. The third-order valence-corrected chi connectivity index (χ3v) is 4.30. The number of likely N-dealkylation sites (N-methyl/N-ethyl adjacent to an activating group) is 1. The molecular weight excluding hydrogens is 248 g/mol. The molecule has 0 aliphatic carbocycles. The van der Waals surface area contributed by atoms with Gasteiger partial charge in [0.15, 0.2) is 0 Å². The van der Waals surface area contributed by atoms with Crippen LogP contribution in [0.2, 0.25) is 0 Å². The van der Waals surface area contributed by atoms with Gasteiger partial charge in [-0.1, -0.05) is 13.0 Å². The van der Waals surface area contributed by atoms with E-state index in [1.807, 2.05) is 12.3 Å². The average Bonchev–Trinajstić information content (AvgIpc) is 2.47. The van der Waals surface area contributed by atoms with E-state index in [4.69, 9.17) is 5.73 Å². The molecule has 1 aliphatic heterocycles. The van der Waals surface area contributed by atoms with Crippen molar-refractivity contribution in [3.8, 4) is 0 Å². The van der Waals surface area contributed by atoms with Gasteiger partial charge in [0.05, 0.1) is 0 Å². The molecule has 4 nitrogen and oxygen atoms in total. The monoisotopic (exact) mass is 276 g/mol. The number of piperidine rings is 1. The fourth-order valence-corrected chi connectivity index (χ4v) is 2.87. The van der Waals surface area contributed by atoms with E-state index in [9.17, 15) is 0 Å². The molecule has 0 aromatic carbocycles. The van der Waals surface area contributed by atoms with Gasteiger partial charge in [-0.15, -0.1) is 0 Å². The van der Waals surface area contributed by atoms with Crippen LogP contribution in [0, 0.1) is 0 Å². The van der Waals surface area contributed by atoms with Crippen LogP contribution in [-0.2, 0) is 6.42 Å². The quantitative estimate of drug-likeness (QED) is 0.892. The number of rotatable bonds is 5. The lowest BCUT2D eigenvalue weighted by Crippen LogP contribution is -2.45. The van der Waals surface area contributed by atoms with Crippen molar-refractivity contribution in [1.82, 2.24) is 9.88 Å². The van der Waals surface area contributed by atoms with Gasteiger partial charge in [-0.3, -0.25) is 0 Å². The molecule has 2 heterocycles. The summed E-state index contributed by atoms with van der Waals surface area (Å²) in [7, 11) is 4.33. The van der Waals surface area contributed by atoms with Crippen LogP contribution in [0.25, 0.3) is 0 Å². The maximum absolute atomic E-state index is 6.12. The zero-order valence-electron chi connectivity index (χ0n) is 13.0. The van der Waals surface area contributed by atoms with Crippen molar-refractivity contribution >= 4 is 5.82 Å². The maximum atomic E-state index is 6.12. The van der Waals surface area contributed by atoms with Gasteiger partial charge in [0, 0.05) is 31.4 Å². The molecule has 2 unspecified atom stereocenters. The smallest absolute Gasteiger partial charge is 0.131 e. The lowest BCUT2D eigenvalue weighted by atomic mass is 10.0. The Kier molecular flexibility index (Phi) is 5.38. The van der Waals surface area contributed by atoms with Gasteiger partial charge in [-0.2, -0.15) is 0 Å². The highest BCUT2D eigenvalue weighted by Gasteiger charge is 2.23. The standard InChI is InChI=1S/C16H28N4/c1-4-14(17)11-13-7-5-9-18-16(13)20-10-6-8-15(12-20)19(2)3/h5,7,9,14-15H,4,6,8,10-12,17H2,1-3H3. The van der Waals surface area contributed by atoms with Crippen LogP contribution in [-0.4, -0.2) is 49.2 Å². The predicted octanol–water partition coefficient (Wildman–Crippen LogP) is 1.89. The number of hydrogen-bond donors (Lipinski definition) is 1. The van der Waals surface area contributed by atoms with Crippen LogP contribution in [0.4, 0.5) is 5.82 Å². The summed E-state index contributed by atoms with van der Waals surface area (Å²) >= 11 is 0. The number of anilines is 1. The van der Waals surface area contributed by atoms with Crippen molar-refractivity contribution in [2.24, 2.45) is 5.73 Å². The Morgan fingerprint density at radius 2 is 2.30 bits per heavy atom. The average molecular weight is 276 g/mol. The highest BCUT2D eigenvalue weighted by atomic mass is 15.2. The minimum absolute atomic E-state index is 0.229. The fraction of sp³-hybridized carbons (Fsp3) is 0.688. The predicted molar refractivity (Wildman–Crippen MR) is 85.1 cm³/mol. The van der Waals surface area contributed by atoms with E-state index in [1.165, 1.54) is 18.4 Å². The van der Waals surface area contributed by atoms with E-state index in [1.54, 1.807) is 0 Å². The third-order valence-electron chi connectivity index (χ3n) is 4.30. The maximum Gasteiger partial charge on any atom is 0.131 e. The second-order valence-corrected chi connectivity index (χ2v) is 6.06. The molecule has 0 amide bonds. The van der Waals surface area contributed by atoms with Crippen molar-refractivity contribution in [2.75, 3.05) is 32.1 Å². The zero-order valence-corrected chi connectivity index (χ0v) is 13.0. The summed E-state index contributed by atoms with van der Waals surface area (Å²) in [5, 5.41) is 0. The van der Waals surface area contributed by atoms with E-state index < -0.39 is 0 Å². The first kappa shape index (κ1) is 15.3. The van der Waals surface area contributed by atoms with Crippen LogP contribution in [0.15, 0.2) is 18.3 Å². The first-order valence-corrected chi connectivity index (χ1v) is 7.72. The summed E-state index contributed by atoms with van der Waals surface area (Å²) in [6.45, 7) is 4.32. The topological polar surface area (TPSA) is 45.4 Å². The van der Waals surface area contributed by atoms with E-state index >= 15 is 0 Å². The van der Waals surface area contributed by atoms with Gasteiger partial charge in [-0.05, 0) is 51.4 Å². The SMILES string of the molecule is CCC(N)Cc1cccnc1N1CCCC(N(C)C)C1. The first-order valence-electron chi connectivity index (χ1n) is 7.72. The largest absolute Gasteiger partial charge is 0.355 e. The van der Waals surface area contributed by atoms with E-state index in [0.29, 0.717) is 6.04 Å². The Labute approximate surface area is 123 Å². The van der Waals surface area contributed by atoms with Gasteiger partial charge in [0.25, 0.3) is 0 Å². The summed E-state index contributed by atoms with van der Waals surface area (Å²) in [6.07, 6.45) is 6.34. The second kappa shape index (κ2) is 7.04. The molecule has 1 aromatic heterocycles. The summed E-state index contributed by atoms with van der Waals surface area (Å²) in [4.78, 5) is 9.40. The van der Waals surface area contributed by atoms with Crippen LogP contribution in [0.1, 0.15) is 31.7 Å². The summed E-state index contributed by atoms with van der Waals surface area (Å²) in [5.74, 6) is 1.14. The Balaban J connectivity index is 2.15. The minimum atomic E-state index is 0.229. The van der Waals surface area contributed by atoms with Crippen molar-refractivity contribution in [3.63, 3.8) is 0 Å². The molecule has 2 atom stereocenters. The first-order chi connectivity index (χ1) is 9.61. The zero-order chi connectivity index (χ0) is 14.5. The molecule has 20 heavy (non-hydrogen) atoms. The van der Waals surface area contributed by atoms with E-state index in [2.05, 4.69) is 41.9 Å². The Bertz CT molecular complexity index is 419. The highest BCUT2D eigenvalue weighted by molar-refractivity contribution is 5.47. The van der Waals surface area contributed by atoms with Gasteiger partial charge < -0.3 is 15.5 Å². The molecule has 1 saturated heterocycles. The molecule has 0 spiro atoms. The van der Waals surface area contributed by atoms with Crippen molar-refractivity contribution in [2.45, 2.75) is 44.7 Å². The lowest BCUT2D eigenvalue weighted by Gasteiger charge is -2.37. The highest BCUT2D eigenvalue weighted by Crippen LogP contribution is 2.24. The van der Waals surface area contributed by atoms with Crippen LogP contribution in [0.3, 0.4) is 0 Å². The van der Waals surface area contributed by atoms with Gasteiger partial charge in [-0.25, -0.2) is 4.98 Å². The molecule has 4 heteroatoms. The fourth-order valence-electron chi connectivity index (χ4n) is 2.87. The number of nitrogens with two attached hydrogens (primary N) is 1. The van der Waals surface area contributed by atoms with E-state index in [0.717, 1.165) is 31.7 Å². The van der Waals surface area contributed by atoms with Crippen molar-refractivity contribution in [3.05, 3.63) is 23.9 Å². The van der Waals surface area contributed by atoms with Gasteiger partial charge in [0.1, 0.15) is 5.82 Å². The molecule has 2 N–H and O–H groups in total. The van der Waals surface area contributed by atoms with Crippen molar-refractivity contribution < 1.29 is 0 Å². The third kappa shape index (κ3) is 3.70. The molecular formula is C16H28N4. The molecule has 0 bridgehead atoms. The van der Waals surface area contributed by atoms with E-state index in [-0.39, 0.29) is 6.04 Å². The number of aromatic nitrogens is 1. The number of hydrogen-bond acceptors (Lipinski definition) is 4. The minimum Gasteiger partial charge on any atom is -0.355 e. The Morgan fingerprint density at radius 1 is 1.50 bits per heavy atom. The normalized spacial score (nSPS) is 21.2. The summed E-state index contributed by atoms with van der Waals surface area (Å²) in [6, 6.07) is 5.05. The molecule has 0 radical (unpaired) electrons. The Morgan fingerprint density at radius 3 is 3.00 bits per heavy atom. The number of nitrogens with zero attached hydrogens (tertiary/aromatic N) is 3. The van der Waals surface area contributed by atoms with Crippen LogP contribution < -0.4 is 10.6 Å². The van der Waals surface area contributed by atoms with Gasteiger partial charge >= 0.3 is 0 Å². The van der Waals surface area contributed by atoms with Gasteiger partial charge in [0.2, 0.25) is 0 Å². The molecule has 1 fully saturated rings. The van der Waals surface area contributed by atoms with Crippen molar-refractivity contribution in [1.29, 1.82) is 0 Å². The van der Waals surface area contributed by atoms with Crippen LogP contribution in [0.5, 0.6) is 0 Å². The molecule has 2 rings (SSSR count). The molecule has 0 saturated carbocycles. The Hall–Kier alpha value is -1.13. The number of pyridine rings is 1.